The first kappa shape index (κ1) is 31.3. The summed E-state index contributed by atoms with van der Waals surface area (Å²) in [5.74, 6) is -1.49. The molecule has 0 radical (unpaired) electrons. The molecule has 0 amide bonds. The summed E-state index contributed by atoms with van der Waals surface area (Å²) in [7, 11) is -2.26. The molecule has 2 aromatic rings. The molecule has 40 heavy (non-hydrogen) atoms. The molecular weight excluding hydrogens is 538 g/mol. The van der Waals surface area contributed by atoms with E-state index in [0.717, 1.165) is 0 Å². The number of esters is 2. The zero-order valence-electron chi connectivity index (χ0n) is 24.1. The summed E-state index contributed by atoms with van der Waals surface area (Å²) >= 11 is 0. The minimum absolute atomic E-state index is 0.00415. The maximum absolute atomic E-state index is 12.8. The highest BCUT2D eigenvalue weighted by Crippen LogP contribution is 2.40. The van der Waals surface area contributed by atoms with Crippen LogP contribution in [0, 0.1) is 0 Å². The van der Waals surface area contributed by atoms with Crippen LogP contribution in [0.25, 0.3) is 11.2 Å². The maximum Gasteiger partial charge on any atom is 0.306 e. The van der Waals surface area contributed by atoms with Crippen LogP contribution in [0.1, 0.15) is 66.5 Å². The number of rotatable bonds is 12. The number of nitrogens with two attached hydrogens (primary N) is 1. The fourth-order valence-corrected chi connectivity index (χ4v) is 4.89. The molecule has 3 rings (SSSR count). The number of anilines is 1. The molecule has 2 aromatic heterocycles. The van der Waals surface area contributed by atoms with E-state index in [1.807, 2.05) is 0 Å². The van der Waals surface area contributed by atoms with Gasteiger partial charge in [0.1, 0.15) is 29.5 Å². The van der Waals surface area contributed by atoms with Crippen molar-refractivity contribution < 1.29 is 37.8 Å². The minimum atomic E-state index is -2.26. The number of ether oxygens (including phenoxy) is 3. The van der Waals surface area contributed by atoms with E-state index < -0.39 is 44.8 Å². The van der Waals surface area contributed by atoms with Crippen LogP contribution in [-0.2, 0) is 37.8 Å². The second-order valence-corrected chi connectivity index (χ2v) is 16.3. The van der Waals surface area contributed by atoms with Gasteiger partial charge in [-0.3, -0.25) is 14.2 Å². The van der Waals surface area contributed by atoms with Crippen LogP contribution in [-0.4, -0.2) is 76.3 Å². The third-order valence-electron chi connectivity index (χ3n) is 7.26. The number of hydrogen-bond acceptors (Lipinski definition) is 12. The average molecular weight is 578 g/mol. The predicted octanol–water partition coefficient (Wildman–Crippen LogP) is 2.89. The Morgan fingerprint density at radius 1 is 0.950 bits per heavy atom. The molecule has 2 unspecified atom stereocenters. The van der Waals surface area contributed by atoms with Gasteiger partial charge in [0.25, 0.3) is 0 Å². The Kier molecular flexibility index (Phi) is 9.79. The van der Waals surface area contributed by atoms with E-state index in [0.29, 0.717) is 11.2 Å². The van der Waals surface area contributed by atoms with Crippen LogP contribution < -0.4 is 5.73 Å². The highest BCUT2D eigenvalue weighted by Gasteiger charge is 2.52. The Morgan fingerprint density at radius 3 is 2.08 bits per heavy atom. The van der Waals surface area contributed by atoms with E-state index in [-0.39, 0.29) is 54.7 Å². The Bertz CT molecular complexity index is 1260. The van der Waals surface area contributed by atoms with Crippen molar-refractivity contribution in [1.82, 2.24) is 19.5 Å². The number of carbonyl (C=O) groups is 4. The topological polar surface area (TPSA) is 175 Å². The van der Waals surface area contributed by atoms with E-state index >= 15 is 0 Å². The lowest BCUT2D eigenvalue weighted by Gasteiger charge is -2.37. The molecule has 2 N–H and O–H groups in total. The van der Waals surface area contributed by atoms with Gasteiger partial charge in [-0.2, -0.15) is 0 Å². The standard InChI is InChI=1S/C26H39N5O8Si/c1-15(32)8-10-18(34)38-21-17(12-36-40(6,7)26(3,4)5)37-25(22(21)39-19(35)11-9-16(2)33)31-14-30-20-23(27)28-13-29-24(20)31/h13-14,17,21-22,25H,8-12H2,1-7H3,(H2,27,28,29)/t17?,21-,22+,25?/m0/s1. The van der Waals surface area contributed by atoms with Gasteiger partial charge in [0.15, 0.2) is 38.2 Å². The number of nitrogens with zero attached hydrogens (tertiary/aromatic N) is 4. The van der Waals surface area contributed by atoms with Crippen LogP contribution in [0.15, 0.2) is 12.7 Å². The second kappa shape index (κ2) is 12.5. The molecule has 0 spiro atoms. The number of nitrogen functional groups attached to an aromatic ring is 1. The van der Waals surface area contributed by atoms with Gasteiger partial charge in [-0.05, 0) is 32.0 Å². The summed E-state index contributed by atoms with van der Waals surface area (Å²) < 4.78 is 25.9. The molecule has 4 atom stereocenters. The molecular formula is C26H39N5O8Si. The van der Waals surface area contributed by atoms with E-state index in [4.69, 9.17) is 24.4 Å². The van der Waals surface area contributed by atoms with E-state index in [2.05, 4.69) is 48.8 Å². The molecule has 14 heteroatoms. The summed E-state index contributed by atoms with van der Waals surface area (Å²) in [6.45, 7) is 13.3. The van der Waals surface area contributed by atoms with Crippen LogP contribution in [0.2, 0.25) is 18.1 Å². The summed E-state index contributed by atoms with van der Waals surface area (Å²) in [5, 5.41) is -0.105. The number of carbonyl (C=O) groups excluding carboxylic acids is 4. The second-order valence-electron chi connectivity index (χ2n) is 11.5. The molecule has 1 aliphatic rings. The van der Waals surface area contributed by atoms with E-state index in [1.165, 1.54) is 26.5 Å². The highest BCUT2D eigenvalue weighted by molar-refractivity contribution is 6.74. The zero-order chi connectivity index (χ0) is 29.8. The first-order chi connectivity index (χ1) is 18.6. The average Bonchev–Trinajstić information content (AvgIpc) is 3.42. The number of imidazole rings is 1. The zero-order valence-corrected chi connectivity index (χ0v) is 25.1. The molecule has 3 heterocycles. The fourth-order valence-electron chi connectivity index (χ4n) is 3.87. The van der Waals surface area contributed by atoms with Gasteiger partial charge in [0.05, 0.1) is 25.8 Å². The van der Waals surface area contributed by atoms with E-state index in [9.17, 15) is 19.2 Å². The molecule has 0 saturated carbocycles. The number of aromatic nitrogens is 4. The largest absolute Gasteiger partial charge is 0.455 e. The normalized spacial score (nSPS) is 21.4. The predicted molar refractivity (Wildman–Crippen MR) is 146 cm³/mol. The van der Waals surface area contributed by atoms with Gasteiger partial charge < -0.3 is 34.0 Å². The Balaban J connectivity index is 2.00. The van der Waals surface area contributed by atoms with Crippen LogP contribution in [0.4, 0.5) is 5.82 Å². The molecule has 1 fully saturated rings. The number of Topliss-reactive ketones (excluding diaryl/α,β-unsaturated/α-hetero) is 2. The summed E-state index contributed by atoms with van der Waals surface area (Å²) in [6.07, 6.45) is -1.65. The Hall–Kier alpha value is -3.23. The molecule has 0 aromatic carbocycles. The van der Waals surface area contributed by atoms with Gasteiger partial charge >= 0.3 is 11.9 Å². The number of hydrogen-bond donors (Lipinski definition) is 1. The van der Waals surface area contributed by atoms with Gasteiger partial charge in [-0.1, -0.05) is 20.8 Å². The number of ketones is 2. The van der Waals surface area contributed by atoms with Crippen molar-refractivity contribution in [2.24, 2.45) is 0 Å². The Morgan fingerprint density at radius 2 is 1.52 bits per heavy atom. The lowest BCUT2D eigenvalue weighted by atomic mass is 10.1. The summed E-state index contributed by atoms with van der Waals surface area (Å²) in [4.78, 5) is 61.1. The van der Waals surface area contributed by atoms with Crippen LogP contribution in [0.5, 0.6) is 0 Å². The van der Waals surface area contributed by atoms with Gasteiger partial charge in [-0.15, -0.1) is 0 Å². The minimum Gasteiger partial charge on any atom is -0.455 e. The monoisotopic (exact) mass is 577 g/mol. The molecule has 13 nitrogen and oxygen atoms in total. The van der Waals surface area contributed by atoms with Crippen molar-refractivity contribution in [2.75, 3.05) is 12.3 Å². The Labute approximate surface area is 234 Å². The lowest BCUT2D eigenvalue weighted by molar-refractivity contribution is -0.169. The lowest BCUT2D eigenvalue weighted by Crippen LogP contribution is -2.46. The molecule has 220 valence electrons. The fraction of sp³-hybridized carbons (Fsp3) is 0.654. The van der Waals surface area contributed by atoms with Gasteiger partial charge in [-0.25, -0.2) is 15.0 Å². The first-order valence-corrected chi connectivity index (χ1v) is 16.1. The third-order valence-corrected chi connectivity index (χ3v) is 11.8. The smallest absolute Gasteiger partial charge is 0.306 e. The molecule has 0 aliphatic carbocycles. The summed E-state index contributed by atoms with van der Waals surface area (Å²) in [5.41, 5.74) is 6.62. The van der Waals surface area contributed by atoms with Gasteiger partial charge in [0, 0.05) is 12.8 Å². The number of fused-ring (bicyclic) bond motifs is 1. The molecule has 0 bridgehead atoms. The SMILES string of the molecule is CC(=O)CCC(=O)O[C@H]1C(CO[Si](C)(C)C(C)(C)C)OC(n2cnc3c(N)ncnc32)[C@@H]1OC(=O)CCC(C)=O. The van der Waals surface area contributed by atoms with Crippen molar-refractivity contribution in [2.45, 2.75) is 103 Å². The van der Waals surface area contributed by atoms with Crippen molar-refractivity contribution in [1.29, 1.82) is 0 Å². The van der Waals surface area contributed by atoms with Gasteiger partial charge in [0.2, 0.25) is 0 Å². The summed E-state index contributed by atoms with van der Waals surface area (Å²) in [6, 6.07) is 0. The van der Waals surface area contributed by atoms with Crippen molar-refractivity contribution in [3.05, 3.63) is 12.7 Å². The first-order valence-electron chi connectivity index (χ1n) is 13.2. The maximum atomic E-state index is 12.8. The molecule has 1 aliphatic heterocycles. The van der Waals surface area contributed by atoms with Crippen molar-refractivity contribution in [3.8, 4) is 0 Å². The van der Waals surface area contributed by atoms with E-state index in [1.54, 1.807) is 4.57 Å². The third kappa shape index (κ3) is 7.49. The molecule has 1 saturated heterocycles. The van der Waals surface area contributed by atoms with Crippen molar-refractivity contribution in [3.63, 3.8) is 0 Å². The van der Waals surface area contributed by atoms with Crippen molar-refractivity contribution >= 4 is 48.8 Å². The quantitative estimate of drug-likeness (QED) is 0.289. The van der Waals surface area contributed by atoms with Crippen LogP contribution in [0.3, 0.4) is 0 Å². The highest BCUT2D eigenvalue weighted by atomic mass is 28.4. The van der Waals surface area contributed by atoms with Crippen LogP contribution >= 0.6 is 0 Å².